The Balaban J connectivity index is 1.68. The second-order valence-electron chi connectivity index (χ2n) is 7.38. The summed E-state index contributed by atoms with van der Waals surface area (Å²) in [5, 5.41) is 12.0. The van der Waals surface area contributed by atoms with E-state index in [1.807, 2.05) is 37.3 Å². The van der Waals surface area contributed by atoms with Crippen LogP contribution in [0, 0.1) is 19.7 Å². The molecule has 8 heteroatoms. The maximum Gasteiger partial charge on any atom is 0.278 e. The highest BCUT2D eigenvalue weighted by Crippen LogP contribution is 2.20. The molecule has 0 saturated carbocycles. The summed E-state index contributed by atoms with van der Waals surface area (Å²) in [7, 11) is 0. The third-order valence-electron chi connectivity index (χ3n) is 5.30. The van der Waals surface area contributed by atoms with Gasteiger partial charge < -0.3 is 5.32 Å². The lowest BCUT2D eigenvalue weighted by atomic mass is 10.2. The van der Waals surface area contributed by atoms with Gasteiger partial charge in [-0.1, -0.05) is 36.4 Å². The molecule has 2 aromatic carbocycles. The third kappa shape index (κ3) is 3.72. The van der Waals surface area contributed by atoms with Crippen LogP contribution in [0.15, 0.2) is 59.4 Å². The van der Waals surface area contributed by atoms with E-state index in [-0.39, 0.29) is 6.54 Å². The molecule has 4 aromatic rings. The first-order valence-electron chi connectivity index (χ1n) is 9.93. The summed E-state index contributed by atoms with van der Waals surface area (Å²) in [5.41, 5.74) is 2.52. The minimum absolute atomic E-state index is 0.0246. The Morgan fingerprint density at radius 3 is 2.45 bits per heavy atom. The third-order valence-corrected chi connectivity index (χ3v) is 5.30. The van der Waals surface area contributed by atoms with Crippen LogP contribution in [0.5, 0.6) is 0 Å². The maximum atomic E-state index is 13.8. The van der Waals surface area contributed by atoms with E-state index >= 15 is 0 Å². The van der Waals surface area contributed by atoms with Crippen LogP contribution in [0.1, 0.15) is 29.9 Å². The summed E-state index contributed by atoms with van der Waals surface area (Å²) < 4.78 is 16.7. The number of para-hydroxylation sites is 1. The molecule has 1 amide bonds. The van der Waals surface area contributed by atoms with E-state index in [4.69, 9.17) is 0 Å². The average molecular weight is 419 g/mol. The largest absolute Gasteiger partial charge is 0.350 e. The molecule has 0 aliphatic rings. The van der Waals surface area contributed by atoms with E-state index in [0.29, 0.717) is 27.9 Å². The van der Waals surface area contributed by atoms with Crippen LogP contribution < -0.4 is 10.9 Å². The van der Waals surface area contributed by atoms with Crippen LogP contribution in [0.2, 0.25) is 0 Å². The second kappa shape index (κ2) is 8.14. The number of carbonyl (C=O) groups is 1. The molecule has 0 aliphatic carbocycles. The maximum absolute atomic E-state index is 13.8. The number of nitrogens with one attached hydrogen (secondary N) is 1. The Morgan fingerprint density at radius 2 is 1.74 bits per heavy atom. The Bertz CT molecular complexity index is 1330. The van der Waals surface area contributed by atoms with Gasteiger partial charge in [-0.3, -0.25) is 9.59 Å². The van der Waals surface area contributed by atoms with Crippen molar-refractivity contribution in [2.75, 3.05) is 0 Å². The van der Waals surface area contributed by atoms with Gasteiger partial charge in [-0.05, 0) is 39.0 Å². The first kappa shape index (κ1) is 20.5. The number of aryl methyl sites for hydroxylation is 2. The molecule has 1 unspecified atom stereocenters. The monoisotopic (exact) mass is 419 g/mol. The molecule has 4 rings (SSSR count). The van der Waals surface area contributed by atoms with Gasteiger partial charge >= 0.3 is 0 Å². The number of fused-ring (bicyclic) bond motifs is 1. The van der Waals surface area contributed by atoms with Crippen molar-refractivity contribution in [2.24, 2.45) is 0 Å². The molecule has 0 fully saturated rings. The normalized spacial score (nSPS) is 12.1. The fourth-order valence-corrected chi connectivity index (χ4v) is 3.55. The quantitative estimate of drug-likeness (QED) is 0.539. The Kier molecular flexibility index (Phi) is 5.37. The van der Waals surface area contributed by atoms with Gasteiger partial charge in [-0.15, -0.1) is 0 Å². The molecule has 7 nitrogen and oxygen atoms in total. The number of benzene rings is 2. The standard InChI is InChI=1S/C23H22FN5O2/c1-14-21-20(15(2)28(27-21)18-10-5-4-6-11-18)23(31)29(26-14)16(3)22(30)25-13-17-9-7-8-12-19(17)24/h4-12,16H,13H2,1-3H3,(H,25,30). The van der Waals surface area contributed by atoms with Crippen LogP contribution in [-0.2, 0) is 11.3 Å². The number of aromatic nitrogens is 4. The van der Waals surface area contributed by atoms with Crippen molar-refractivity contribution in [3.05, 3.63) is 87.7 Å². The number of hydrogen-bond acceptors (Lipinski definition) is 4. The predicted molar refractivity (Wildman–Crippen MR) is 116 cm³/mol. The van der Waals surface area contributed by atoms with Gasteiger partial charge in [-0.2, -0.15) is 10.2 Å². The first-order valence-corrected chi connectivity index (χ1v) is 9.93. The zero-order valence-corrected chi connectivity index (χ0v) is 17.5. The molecular formula is C23H22FN5O2. The average Bonchev–Trinajstić information content (AvgIpc) is 3.13. The van der Waals surface area contributed by atoms with Crippen LogP contribution in [0.3, 0.4) is 0 Å². The van der Waals surface area contributed by atoms with Crippen LogP contribution >= 0.6 is 0 Å². The summed E-state index contributed by atoms with van der Waals surface area (Å²) in [4.78, 5) is 25.9. The van der Waals surface area contributed by atoms with Crippen LogP contribution in [0.25, 0.3) is 16.6 Å². The fourth-order valence-electron chi connectivity index (χ4n) is 3.55. The summed E-state index contributed by atoms with van der Waals surface area (Å²) >= 11 is 0. The number of carbonyl (C=O) groups excluding carboxylic acids is 1. The minimum Gasteiger partial charge on any atom is -0.350 e. The van der Waals surface area contributed by atoms with Crippen molar-refractivity contribution in [1.82, 2.24) is 24.9 Å². The van der Waals surface area contributed by atoms with Gasteiger partial charge in [-0.25, -0.2) is 13.8 Å². The van der Waals surface area contributed by atoms with Gasteiger partial charge in [0.05, 0.1) is 22.5 Å². The highest BCUT2D eigenvalue weighted by molar-refractivity contribution is 5.84. The van der Waals surface area contributed by atoms with Gasteiger partial charge in [0.25, 0.3) is 5.56 Å². The van der Waals surface area contributed by atoms with E-state index in [1.165, 1.54) is 10.7 Å². The number of halogens is 1. The molecule has 1 N–H and O–H groups in total. The Hall–Kier alpha value is -3.81. The van der Waals surface area contributed by atoms with Crippen LogP contribution in [0.4, 0.5) is 4.39 Å². The van der Waals surface area contributed by atoms with Crippen molar-refractivity contribution in [1.29, 1.82) is 0 Å². The van der Waals surface area contributed by atoms with Crippen LogP contribution in [-0.4, -0.2) is 25.5 Å². The fraction of sp³-hybridized carbons (Fsp3) is 0.217. The lowest BCUT2D eigenvalue weighted by Gasteiger charge is -2.15. The van der Waals surface area contributed by atoms with Gasteiger partial charge in [0.15, 0.2) is 0 Å². The zero-order chi connectivity index (χ0) is 22.1. The molecule has 0 radical (unpaired) electrons. The number of hydrogen-bond donors (Lipinski definition) is 1. The van der Waals surface area contributed by atoms with Crippen molar-refractivity contribution in [3.63, 3.8) is 0 Å². The number of rotatable bonds is 5. The first-order chi connectivity index (χ1) is 14.9. The van der Waals surface area contributed by atoms with E-state index in [1.54, 1.807) is 36.7 Å². The smallest absolute Gasteiger partial charge is 0.278 e. The van der Waals surface area contributed by atoms with E-state index in [9.17, 15) is 14.0 Å². The highest BCUT2D eigenvalue weighted by atomic mass is 19.1. The van der Waals surface area contributed by atoms with E-state index < -0.39 is 23.3 Å². The summed E-state index contributed by atoms with van der Waals surface area (Å²) in [6.45, 7) is 5.19. The lowest BCUT2D eigenvalue weighted by Crippen LogP contribution is -2.37. The summed E-state index contributed by atoms with van der Waals surface area (Å²) in [6, 6.07) is 14.8. The molecule has 1 atom stereocenters. The molecule has 0 aliphatic heterocycles. The van der Waals surface area contributed by atoms with Gasteiger partial charge in [0, 0.05) is 12.1 Å². The lowest BCUT2D eigenvalue weighted by molar-refractivity contribution is -0.124. The van der Waals surface area contributed by atoms with Gasteiger partial charge in [0.2, 0.25) is 5.91 Å². The van der Waals surface area contributed by atoms with Crippen molar-refractivity contribution >= 4 is 16.8 Å². The Labute approximate surface area is 178 Å². The van der Waals surface area contributed by atoms with E-state index in [2.05, 4.69) is 15.5 Å². The topological polar surface area (TPSA) is 81.8 Å². The summed E-state index contributed by atoms with van der Waals surface area (Å²) in [5.74, 6) is -0.823. The molecule has 2 aromatic heterocycles. The number of amides is 1. The molecule has 158 valence electrons. The minimum atomic E-state index is -0.873. The second-order valence-corrected chi connectivity index (χ2v) is 7.38. The highest BCUT2D eigenvalue weighted by Gasteiger charge is 2.23. The molecule has 31 heavy (non-hydrogen) atoms. The SMILES string of the molecule is Cc1nn(C(C)C(=O)NCc2ccccc2F)c(=O)c2c(C)n(-c3ccccc3)nc12. The molecule has 2 heterocycles. The van der Waals surface area contributed by atoms with Crippen molar-refractivity contribution in [2.45, 2.75) is 33.4 Å². The zero-order valence-electron chi connectivity index (χ0n) is 17.5. The van der Waals surface area contributed by atoms with Gasteiger partial charge in [0.1, 0.15) is 17.4 Å². The predicted octanol–water partition coefficient (Wildman–Crippen LogP) is 3.22. The van der Waals surface area contributed by atoms with E-state index in [0.717, 1.165) is 5.69 Å². The van der Waals surface area contributed by atoms with Crippen molar-refractivity contribution < 1.29 is 9.18 Å². The molecule has 0 bridgehead atoms. The number of nitrogens with zero attached hydrogens (tertiary/aromatic N) is 4. The molecule has 0 saturated heterocycles. The molecule has 0 spiro atoms. The molecular weight excluding hydrogens is 397 g/mol. The Morgan fingerprint density at radius 1 is 1.06 bits per heavy atom. The summed E-state index contributed by atoms with van der Waals surface area (Å²) in [6.07, 6.45) is 0. The van der Waals surface area contributed by atoms with Crippen molar-refractivity contribution in [3.8, 4) is 5.69 Å².